The van der Waals surface area contributed by atoms with Crippen LogP contribution in [0.25, 0.3) is 10.9 Å². The molecule has 1 aromatic carbocycles. The van der Waals surface area contributed by atoms with Gasteiger partial charge in [0.15, 0.2) is 11.5 Å². The van der Waals surface area contributed by atoms with Crippen molar-refractivity contribution in [2.45, 2.75) is 13.0 Å². The summed E-state index contributed by atoms with van der Waals surface area (Å²) in [6, 6.07) is 2.58. The van der Waals surface area contributed by atoms with E-state index in [0.29, 0.717) is 36.7 Å². The van der Waals surface area contributed by atoms with Crippen molar-refractivity contribution in [2.75, 3.05) is 63.7 Å². The number of urea groups is 1. The Morgan fingerprint density at radius 1 is 1.19 bits per heavy atom. The number of nitrogens with two attached hydrogens (primary N) is 1. The summed E-state index contributed by atoms with van der Waals surface area (Å²) in [5, 5.41) is 10.9. The molecule has 3 amide bonds. The highest BCUT2D eigenvalue weighted by Gasteiger charge is 2.21. The molecule has 0 unspecified atom stereocenters. The van der Waals surface area contributed by atoms with Crippen molar-refractivity contribution in [3.63, 3.8) is 0 Å². The second-order valence-electron chi connectivity index (χ2n) is 9.30. The smallest absolute Gasteiger partial charge is 0.336 e. The summed E-state index contributed by atoms with van der Waals surface area (Å²) in [6.07, 6.45) is 3.11. The molecule has 5 N–H and O–H groups in total. The fraction of sp³-hybridized carbons (Fsp3) is 0.417. The molecule has 0 radical (unpaired) electrons. The monoisotopic (exact) mass is 602 g/mol. The Kier molecular flexibility index (Phi) is 8.76. The minimum absolute atomic E-state index is 0.0129. The van der Waals surface area contributed by atoms with Gasteiger partial charge in [-0.3, -0.25) is 19.6 Å². The van der Waals surface area contributed by atoms with Gasteiger partial charge in [-0.1, -0.05) is 0 Å². The molecule has 5 rings (SSSR count). The summed E-state index contributed by atoms with van der Waals surface area (Å²) in [6.45, 7) is 5.85. The lowest BCUT2D eigenvalue weighted by atomic mass is 10.2. The molecule has 18 heteroatoms. The maximum atomic E-state index is 13.0. The van der Waals surface area contributed by atoms with E-state index in [1.165, 1.54) is 11.8 Å². The Hall–Kier alpha value is -4.39. The third-order valence-electron chi connectivity index (χ3n) is 6.45. The Morgan fingerprint density at radius 3 is 2.67 bits per heavy atom. The molecule has 0 atom stereocenters. The second kappa shape index (κ2) is 12.6. The Bertz CT molecular complexity index is 1650. The Morgan fingerprint density at radius 2 is 1.95 bits per heavy atom. The molecule has 2 aromatic heterocycles. The maximum absolute atomic E-state index is 13.0. The summed E-state index contributed by atoms with van der Waals surface area (Å²) in [5.41, 5.74) is 0.635. The molecule has 3 aromatic rings. The number of carbonyl (C=O) groups excluding carboxylic acids is 2. The molecule has 42 heavy (non-hydrogen) atoms. The number of ether oxygens (including phenoxy) is 3. The molecule has 2 aliphatic rings. The van der Waals surface area contributed by atoms with Crippen LogP contribution in [-0.4, -0.2) is 97.9 Å². The van der Waals surface area contributed by atoms with Crippen LogP contribution in [0.15, 0.2) is 29.5 Å². The number of hydrogen-bond donors (Lipinski definition) is 4. The van der Waals surface area contributed by atoms with Gasteiger partial charge in [-0.2, -0.15) is 13.4 Å². The number of benzene rings is 1. The van der Waals surface area contributed by atoms with Gasteiger partial charge in [0, 0.05) is 50.5 Å². The van der Waals surface area contributed by atoms with Crippen molar-refractivity contribution in [3.05, 3.63) is 35.7 Å². The van der Waals surface area contributed by atoms with Gasteiger partial charge >= 0.3 is 6.03 Å². The van der Waals surface area contributed by atoms with Crippen LogP contribution in [-0.2, 0) is 21.5 Å². The largest absolute Gasteiger partial charge is 0.491 e. The molecule has 1 fully saturated rings. The predicted octanol–water partition coefficient (Wildman–Crippen LogP) is -0.572. The molecule has 0 saturated carbocycles. The highest BCUT2D eigenvalue weighted by Crippen LogP contribution is 2.37. The first-order chi connectivity index (χ1) is 20.2. The fourth-order valence-electron chi connectivity index (χ4n) is 4.56. The number of fused-ring (bicyclic) bond motifs is 3. The van der Waals surface area contributed by atoms with Crippen molar-refractivity contribution in [1.82, 2.24) is 29.1 Å². The van der Waals surface area contributed by atoms with E-state index in [4.69, 9.17) is 19.3 Å². The summed E-state index contributed by atoms with van der Waals surface area (Å²) >= 11 is 0. The summed E-state index contributed by atoms with van der Waals surface area (Å²) in [5.74, 6) is 0.760. The molecular formula is C24H30N10O7S. The number of carbonyl (C=O) groups is 2. The average molecular weight is 603 g/mol. The molecule has 4 heterocycles. The molecule has 0 bridgehead atoms. The lowest BCUT2D eigenvalue weighted by Crippen LogP contribution is -2.39. The van der Waals surface area contributed by atoms with Gasteiger partial charge in [-0.05, 0) is 18.6 Å². The molecular weight excluding hydrogens is 572 g/mol. The number of amides is 3. The topological polar surface area (TPSA) is 217 Å². The van der Waals surface area contributed by atoms with Crippen LogP contribution < -0.4 is 35.6 Å². The lowest BCUT2D eigenvalue weighted by Gasteiger charge is -2.26. The van der Waals surface area contributed by atoms with E-state index in [0.717, 1.165) is 62.9 Å². The van der Waals surface area contributed by atoms with Gasteiger partial charge in [-0.15, -0.1) is 0 Å². The molecule has 0 aliphatic carbocycles. The van der Waals surface area contributed by atoms with Crippen LogP contribution in [0.2, 0.25) is 0 Å². The van der Waals surface area contributed by atoms with E-state index >= 15 is 0 Å². The number of hydrogen-bond acceptors (Lipinski definition) is 12. The zero-order valence-electron chi connectivity index (χ0n) is 22.7. The van der Waals surface area contributed by atoms with Gasteiger partial charge in [-0.25, -0.2) is 29.6 Å². The van der Waals surface area contributed by atoms with Crippen molar-refractivity contribution >= 4 is 44.8 Å². The van der Waals surface area contributed by atoms with Gasteiger partial charge in [0.05, 0.1) is 32.5 Å². The molecule has 0 spiro atoms. The minimum atomic E-state index is -4.26. The molecule has 1 saturated heterocycles. The van der Waals surface area contributed by atoms with E-state index in [1.54, 1.807) is 4.57 Å². The van der Waals surface area contributed by atoms with Crippen LogP contribution in [0.1, 0.15) is 16.8 Å². The molecule has 2 aliphatic heterocycles. The van der Waals surface area contributed by atoms with Gasteiger partial charge < -0.3 is 19.5 Å². The first-order valence-electron chi connectivity index (χ1n) is 13.0. The number of anilines is 2. The van der Waals surface area contributed by atoms with Crippen LogP contribution in [0.3, 0.4) is 0 Å². The molecule has 17 nitrogen and oxygen atoms in total. The summed E-state index contributed by atoms with van der Waals surface area (Å²) in [4.78, 5) is 43.6. The normalized spacial score (nSPS) is 15.6. The number of nitrogens with one attached hydrogen (secondary N) is 3. The van der Waals surface area contributed by atoms with Crippen molar-refractivity contribution in [2.24, 2.45) is 10.1 Å². The van der Waals surface area contributed by atoms with E-state index in [-0.39, 0.29) is 17.1 Å². The summed E-state index contributed by atoms with van der Waals surface area (Å²) in [7, 11) is -2.73. The quantitative estimate of drug-likeness (QED) is 0.226. The van der Waals surface area contributed by atoms with Gasteiger partial charge in [0.25, 0.3) is 16.1 Å². The number of morpholine rings is 1. The highest BCUT2D eigenvalue weighted by atomic mass is 32.2. The van der Waals surface area contributed by atoms with Crippen LogP contribution in [0, 0.1) is 0 Å². The van der Waals surface area contributed by atoms with E-state index in [2.05, 4.69) is 35.5 Å². The number of nitrogens with zero attached hydrogens (tertiary/aromatic N) is 6. The van der Waals surface area contributed by atoms with Gasteiger partial charge in [0.2, 0.25) is 11.6 Å². The van der Waals surface area contributed by atoms with Crippen LogP contribution in [0.4, 0.5) is 16.6 Å². The van der Waals surface area contributed by atoms with E-state index < -0.39 is 22.1 Å². The third-order valence-corrected chi connectivity index (χ3v) is 6.92. The van der Waals surface area contributed by atoms with Crippen molar-refractivity contribution in [1.29, 1.82) is 0 Å². The Labute approximate surface area is 240 Å². The average Bonchev–Trinajstić information content (AvgIpc) is 3.46. The molecule has 224 valence electrons. The first kappa shape index (κ1) is 29.1. The zero-order valence-corrected chi connectivity index (χ0v) is 23.5. The third kappa shape index (κ3) is 6.90. The maximum Gasteiger partial charge on any atom is 0.336 e. The summed E-state index contributed by atoms with van der Waals surface area (Å²) < 4.78 is 42.4. The number of aromatic nitrogens is 4. The Balaban J connectivity index is 1.37. The SMILES string of the molecule is COc1c(OCCCN2CCOCC2)ccc2c3n(c(=NC(=O)c4cnc(NC(=O)NS(N)(=O)=O)nc4)nc12)CCN3. The van der Waals surface area contributed by atoms with Crippen LogP contribution >= 0.6 is 0 Å². The van der Waals surface area contributed by atoms with E-state index in [9.17, 15) is 18.0 Å². The predicted molar refractivity (Wildman–Crippen MR) is 149 cm³/mol. The minimum Gasteiger partial charge on any atom is -0.491 e. The number of methoxy groups -OCH3 is 1. The highest BCUT2D eigenvalue weighted by molar-refractivity contribution is 7.87. The van der Waals surface area contributed by atoms with Crippen LogP contribution in [0.5, 0.6) is 11.5 Å². The van der Waals surface area contributed by atoms with E-state index in [1.807, 2.05) is 12.1 Å². The number of rotatable bonds is 9. The van der Waals surface area contributed by atoms with Crippen molar-refractivity contribution in [3.8, 4) is 11.5 Å². The van der Waals surface area contributed by atoms with Gasteiger partial charge in [0.1, 0.15) is 11.3 Å². The fourth-order valence-corrected chi connectivity index (χ4v) is 4.86. The first-order valence-corrected chi connectivity index (χ1v) is 14.6. The zero-order chi connectivity index (χ0) is 29.7. The lowest BCUT2D eigenvalue weighted by molar-refractivity contribution is 0.0357. The standard InChI is InChI=1S/C24H30N10O7S/c1-39-19-17(41-10-2-6-33-8-11-40-12-9-33)4-3-16-18(19)29-23(34-7-5-26-20(16)34)30-21(35)15-13-27-22(28-14-15)31-24(36)32-42(25,37)38/h3-4,13-14,26H,2,5-12H2,1H3,(H2,25,37,38)(H2,27,28,31,32,36). The second-order valence-corrected chi connectivity index (χ2v) is 10.6. The van der Waals surface area contributed by atoms with Crippen molar-refractivity contribution < 1.29 is 32.2 Å².